The Kier molecular flexibility index (Phi) is 4.40. The lowest BCUT2D eigenvalue weighted by Gasteiger charge is -2.18. The molecule has 0 bridgehead atoms. The van der Waals surface area contributed by atoms with Gasteiger partial charge in [-0.15, -0.1) is 0 Å². The third-order valence-corrected chi connectivity index (χ3v) is 6.48. The molecule has 19 heavy (non-hydrogen) atoms. The summed E-state index contributed by atoms with van der Waals surface area (Å²) >= 11 is 3.61. The molecule has 1 aliphatic rings. The highest BCUT2D eigenvalue weighted by Gasteiger charge is 2.33. The summed E-state index contributed by atoms with van der Waals surface area (Å²) < 4.78 is 33.5. The van der Waals surface area contributed by atoms with E-state index in [1.54, 1.807) is 14.2 Å². The van der Waals surface area contributed by atoms with Crippen LogP contribution in [0.15, 0.2) is 18.2 Å². The zero-order chi connectivity index (χ0) is 14.0. The van der Waals surface area contributed by atoms with Gasteiger partial charge in [-0.3, -0.25) is 0 Å². The number of hydrogen-bond acceptors (Lipinski definition) is 4. The Morgan fingerprint density at radius 1 is 1.26 bits per heavy atom. The smallest absolute Gasteiger partial charge is 0.161 e. The van der Waals surface area contributed by atoms with Crippen LogP contribution in [0.1, 0.15) is 16.8 Å². The number of alkyl halides is 1. The van der Waals surface area contributed by atoms with E-state index in [0.717, 1.165) is 5.56 Å². The highest BCUT2D eigenvalue weighted by atomic mass is 79.9. The van der Waals surface area contributed by atoms with Crippen LogP contribution in [-0.2, 0) is 9.84 Å². The molecule has 1 fully saturated rings. The van der Waals surface area contributed by atoms with E-state index in [2.05, 4.69) is 15.9 Å². The Labute approximate surface area is 122 Å². The van der Waals surface area contributed by atoms with Crippen molar-refractivity contribution in [1.82, 2.24) is 0 Å². The lowest BCUT2D eigenvalue weighted by molar-refractivity contribution is 0.354. The second kappa shape index (κ2) is 5.71. The lowest BCUT2D eigenvalue weighted by atomic mass is 9.98. The number of ether oxygens (including phenoxy) is 2. The third kappa shape index (κ3) is 3.23. The van der Waals surface area contributed by atoms with Gasteiger partial charge in [0, 0.05) is 4.83 Å². The van der Waals surface area contributed by atoms with Crippen LogP contribution in [0.3, 0.4) is 0 Å². The summed E-state index contributed by atoms with van der Waals surface area (Å²) in [6.07, 6.45) is 0.701. The van der Waals surface area contributed by atoms with E-state index < -0.39 is 9.84 Å². The van der Waals surface area contributed by atoms with Crippen LogP contribution in [-0.4, -0.2) is 34.1 Å². The van der Waals surface area contributed by atoms with Gasteiger partial charge in [-0.05, 0) is 30.0 Å². The molecule has 106 valence electrons. The molecule has 4 nitrogen and oxygen atoms in total. The Balaban J connectivity index is 2.22. The fourth-order valence-corrected chi connectivity index (χ4v) is 5.17. The number of rotatable bonds is 4. The van der Waals surface area contributed by atoms with Gasteiger partial charge in [0.05, 0.1) is 25.7 Å². The van der Waals surface area contributed by atoms with Crippen molar-refractivity contribution in [3.05, 3.63) is 23.8 Å². The summed E-state index contributed by atoms with van der Waals surface area (Å²) in [5, 5.41) is 0. The van der Waals surface area contributed by atoms with E-state index in [9.17, 15) is 8.42 Å². The molecule has 0 N–H and O–H groups in total. The van der Waals surface area contributed by atoms with Crippen LogP contribution in [0.25, 0.3) is 0 Å². The maximum atomic E-state index is 11.5. The van der Waals surface area contributed by atoms with Crippen molar-refractivity contribution in [1.29, 1.82) is 0 Å². The highest BCUT2D eigenvalue weighted by molar-refractivity contribution is 9.09. The molecule has 2 rings (SSSR count). The van der Waals surface area contributed by atoms with Crippen molar-refractivity contribution in [2.75, 3.05) is 25.7 Å². The monoisotopic (exact) mass is 348 g/mol. The van der Waals surface area contributed by atoms with Gasteiger partial charge in [0.15, 0.2) is 21.3 Å². The Hall–Kier alpha value is -0.750. The standard InChI is InChI=1S/C13H17BrO4S/c1-17-11-4-3-9(7-12(11)18-2)13(14)10-5-6-19(15,16)8-10/h3-4,7,10,13H,5-6,8H2,1-2H3. The van der Waals surface area contributed by atoms with Gasteiger partial charge in [-0.25, -0.2) is 8.42 Å². The van der Waals surface area contributed by atoms with Crippen molar-refractivity contribution < 1.29 is 17.9 Å². The zero-order valence-electron chi connectivity index (χ0n) is 10.9. The molecular weight excluding hydrogens is 332 g/mol. The molecule has 0 amide bonds. The number of hydrogen-bond donors (Lipinski definition) is 0. The summed E-state index contributed by atoms with van der Waals surface area (Å²) in [5.41, 5.74) is 1.01. The Morgan fingerprint density at radius 3 is 2.47 bits per heavy atom. The van der Waals surface area contributed by atoms with Crippen LogP contribution in [0.2, 0.25) is 0 Å². The van der Waals surface area contributed by atoms with E-state index in [0.29, 0.717) is 17.9 Å². The third-order valence-electron chi connectivity index (χ3n) is 3.41. The molecule has 1 aliphatic heterocycles. The maximum absolute atomic E-state index is 11.5. The van der Waals surface area contributed by atoms with Crippen molar-refractivity contribution in [2.24, 2.45) is 5.92 Å². The van der Waals surface area contributed by atoms with Crippen LogP contribution in [0.5, 0.6) is 11.5 Å². The number of benzene rings is 1. The summed E-state index contributed by atoms with van der Waals surface area (Å²) in [7, 11) is 0.315. The number of halogens is 1. The van der Waals surface area contributed by atoms with Gasteiger partial charge >= 0.3 is 0 Å². The number of sulfone groups is 1. The van der Waals surface area contributed by atoms with Crippen LogP contribution >= 0.6 is 15.9 Å². The Morgan fingerprint density at radius 2 is 1.95 bits per heavy atom. The molecule has 0 saturated carbocycles. The first-order chi connectivity index (χ1) is 8.96. The first-order valence-electron chi connectivity index (χ1n) is 6.03. The van der Waals surface area contributed by atoms with Crippen molar-refractivity contribution in [3.63, 3.8) is 0 Å². The zero-order valence-corrected chi connectivity index (χ0v) is 13.3. The quantitative estimate of drug-likeness (QED) is 0.784. The molecule has 6 heteroatoms. The molecule has 2 unspecified atom stereocenters. The van der Waals surface area contributed by atoms with Crippen LogP contribution in [0.4, 0.5) is 0 Å². The topological polar surface area (TPSA) is 52.6 Å². The molecular formula is C13H17BrO4S. The minimum Gasteiger partial charge on any atom is -0.493 e. The second-order valence-electron chi connectivity index (χ2n) is 4.68. The highest BCUT2D eigenvalue weighted by Crippen LogP contribution is 2.40. The van der Waals surface area contributed by atoms with Gasteiger partial charge in [-0.2, -0.15) is 0 Å². The SMILES string of the molecule is COc1ccc(C(Br)C2CCS(=O)(=O)C2)cc1OC. The predicted octanol–water partition coefficient (Wildman–Crippen LogP) is 2.57. The number of methoxy groups -OCH3 is 2. The largest absolute Gasteiger partial charge is 0.493 e. The molecule has 1 aromatic carbocycles. The fourth-order valence-electron chi connectivity index (χ4n) is 2.35. The van der Waals surface area contributed by atoms with Crippen molar-refractivity contribution in [2.45, 2.75) is 11.2 Å². The summed E-state index contributed by atoms with van der Waals surface area (Å²) in [6, 6.07) is 5.67. The summed E-state index contributed by atoms with van der Waals surface area (Å²) in [6.45, 7) is 0. The van der Waals surface area contributed by atoms with Crippen LogP contribution in [0, 0.1) is 5.92 Å². The van der Waals surface area contributed by atoms with Crippen molar-refractivity contribution >= 4 is 25.8 Å². The molecule has 0 aliphatic carbocycles. The minimum atomic E-state index is -2.86. The maximum Gasteiger partial charge on any atom is 0.161 e. The molecule has 2 atom stereocenters. The van der Waals surface area contributed by atoms with Crippen molar-refractivity contribution in [3.8, 4) is 11.5 Å². The average Bonchev–Trinajstić information content (AvgIpc) is 2.77. The fraction of sp³-hybridized carbons (Fsp3) is 0.538. The first kappa shape index (κ1) is 14.7. The molecule has 0 radical (unpaired) electrons. The van der Waals surface area contributed by atoms with Gasteiger partial charge in [0.1, 0.15) is 0 Å². The molecule has 0 spiro atoms. The van der Waals surface area contributed by atoms with Gasteiger partial charge in [-0.1, -0.05) is 22.0 Å². The van der Waals surface area contributed by atoms with Crippen LogP contribution < -0.4 is 9.47 Å². The molecule has 0 aromatic heterocycles. The van der Waals surface area contributed by atoms with Gasteiger partial charge < -0.3 is 9.47 Å². The molecule has 1 aromatic rings. The van der Waals surface area contributed by atoms with Gasteiger partial charge in [0.2, 0.25) is 0 Å². The molecule has 1 heterocycles. The van der Waals surface area contributed by atoms with E-state index >= 15 is 0 Å². The Bertz CT molecular complexity index is 556. The van der Waals surface area contributed by atoms with E-state index in [1.165, 1.54) is 0 Å². The van der Waals surface area contributed by atoms with E-state index in [4.69, 9.17) is 9.47 Å². The first-order valence-corrected chi connectivity index (χ1v) is 8.77. The normalized spacial score (nSPS) is 23.0. The summed E-state index contributed by atoms with van der Waals surface area (Å²) in [4.78, 5) is 0.0181. The minimum absolute atomic E-state index is 0.0181. The van der Waals surface area contributed by atoms with Gasteiger partial charge in [0.25, 0.3) is 0 Å². The lowest BCUT2D eigenvalue weighted by Crippen LogP contribution is -2.10. The molecule has 1 saturated heterocycles. The second-order valence-corrected chi connectivity index (χ2v) is 7.89. The predicted molar refractivity (Wildman–Crippen MR) is 78.0 cm³/mol. The average molecular weight is 349 g/mol. The summed E-state index contributed by atoms with van der Waals surface area (Å²) in [5.74, 6) is 1.98. The van der Waals surface area contributed by atoms with E-state index in [-0.39, 0.29) is 22.3 Å². The van der Waals surface area contributed by atoms with E-state index in [1.807, 2.05) is 18.2 Å².